The molecule has 0 bridgehead atoms. The molecular formula is C12H15N3O3. The van der Waals surface area contributed by atoms with Crippen LogP contribution in [0.2, 0.25) is 0 Å². The minimum atomic E-state index is -0.629. The average Bonchev–Trinajstić information content (AvgIpc) is 2.63. The van der Waals surface area contributed by atoms with Gasteiger partial charge in [0.15, 0.2) is 6.10 Å². The Labute approximate surface area is 104 Å². The van der Waals surface area contributed by atoms with Crippen molar-refractivity contribution in [1.82, 2.24) is 4.90 Å². The average molecular weight is 249 g/mol. The van der Waals surface area contributed by atoms with E-state index in [9.17, 15) is 9.59 Å². The van der Waals surface area contributed by atoms with Crippen molar-refractivity contribution in [3.05, 3.63) is 23.8 Å². The van der Waals surface area contributed by atoms with E-state index in [1.54, 1.807) is 24.1 Å². The Morgan fingerprint density at radius 3 is 2.78 bits per heavy atom. The number of nitrogens with zero attached hydrogens (tertiary/aromatic N) is 1. The van der Waals surface area contributed by atoms with Gasteiger partial charge < -0.3 is 21.1 Å². The van der Waals surface area contributed by atoms with E-state index in [-0.39, 0.29) is 11.5 Å². The number of carbonyl (C=O) groups is 2. The van der Waals surface area contributed by atoms with Crippen molar-refractivity contribution >= 4 is 17.5 Å². The highest BCUT2D eigenvalue weighted by Crippen LogP contribution is 2.24. The van der Waals surface area contributed by atoms with Gasteiger partial charge in [-0.05, 0) is 18.2 Å². The van der Waals surface area contributed by atoms with Gasteiger partial charge in [-0.25, -0.2) is 0 Å². The zero-order chi connectivity index (χ0) is 13.3. The molecule has 6 nitrogen and oxygen atoms in total. The molecule has 1 aliphatic rings. The van der Waals surface area contributed by atoms with E-state index in [0.29, 0.717) is 24.4 Å². The van der Waals surface area contributed by atoms with Crippen molar-refractivity contribution in [1.29, 1.82) is 0 Å². The molecule has 1 aliphatic heterocycles. The summed E-state index contributed by atoms with van der Waals surface area (Å²) in [6, 6.07) is 4.60. The number of amides is 2. The molecule has 1 aromatic carbocycles. The Morgan fingerprint density at radius 1 is 1.50 bits per heavy atom. The van der Waals surface area contributed by atoms with Crippen LogP contribution in [0.1, 0.15) is 16.8 Å². The summed E-state index contributed by atoms with van der Waals surface area (Å²) >= 11 is 0. The van der Waals surface area contributed by atoms with Gasteiger partial charge in [0.2, 0.25) is 0 Å². The molecule has 18 heavy (non-hydrogen) atoms. The Balaban J connectivity index is 2.24. The van der Waals surface area contributed by atoms with Crippen molar-refractivity contribution in [3.8, 4) is 5.75 Å². The molecule has 0 aromatic heterocycles. The minimum absolute atomic E-state index is 0.0951. The fraction of sp³-hybridized carbons (Fsp3) is 0.333. The number of primary amides is 1. The number of likely N-dealkylation sites (N-methyl/N-ethyl adjacent to an activating group) is 1. The number of ether oxygens (including phenoxy) is 1. The molecule has 1 fully saturated rings. The second kappa shape index (κ2) is 4.56. The number of nitrogens with two attached hydrogens (primary N) is 2. The molecule has 0 radical (unpaired) electrons. The molecule has 0 spiro atoms. The lowest BCUT2D eigenvalue weighted by molar-refractivity contribution is -0.132. The van der Waals surface area contributed by atoms with Crippen LogP contribution < -0.4 is 16.2 Å². The van der Waals surface area contributed by atoms with Crippen LogP contribution in [0.5, 0.6) is 5.75 Å². The number of hydrogen-bond acceptors (Lipinski definition) is 4. The molecule has 1 atom stereocenters. The van der Waals surface area contributed by atoms with Gasteiger partial charge in [0, 0.05) is 25.7 Å². The van der Waals surface area contributed by atoms with Crippen molar-refractivity contribution < 1.29 is 14.3 Å². The van der Waals surface area contributed by atoms with Gasteiger partial charge >= 0.3 is 0 Å². The van der Waals surface area contributed by atoms with Crippen molar-refractivity contribution in [2.45, 2.75) is 12.5 Å². The lowest BCUT2D eigenvalue weighted by atomic mass is 10.1. The number of likely N-dealkylation sites (tertiary alicyclic amines) is 1. The molecular weight excluding hydrogens is 234 g/mol. The zero-order valence-corrected chi connectivity index (χ0v) is 10.1. The van der Waals surface area contributed by atoms with Gasteiger partial charge in [-0.3, -0.25) is 9.59 Å². The summed E-state index contributed by atoms with van der Waals surface area (Å²) in [5.74, 6) is -0.427. The number of nitrogen functional groups attached to an aromatic ring is 1. The van der Waals surface area contributed by atoms with E-state index >= 15 is 0 Å². The highest BCUT2D eigenvalue weighted by atomic mass is 16.5. The number of carbonyl (C=O) groups excluding carboxylic acids is 2. The Morgan fingerprint density at radius 2 is 2.22 bits per heavy atom. The maximum atomic E-state index is 11.7. The smallest absolute Gasteiger partial charge is 0.263 e. The van der Waals surface area contributed by atoms with Gasteiger partial charge in [0.05, 0.1) is 5.56 Å². The third-order valence-corrected chi connectivity index (χ3v) is 2.92. The van der Waals surface area contributed by atoms with Crippen LogP contribution in [0.4, 0.5) is 5.69 Å². The van der Waals surface area contributed by atoms with Crippen LogP contribution in [0.25, 0.3) is 0 Å². The number of rotatable bonds is 3. The van der Waals surface area contributed by atoms with Gasteiger partial charge in [-0.2, -0.15) is 0 Å². The molecule has 2 rings (SSSR count). The highest BCUT2D eigenvalue weighted by molar-refractivity contribution is 5.96. The van der Waals surface area contributed by atoms with Crippen LogP contribution >= 0.6 is 0 Å². The normalized spacial score (nSPS) is 19.1. The fourth-order valence-corrected chi connectivity index (χ4v) is 1.90. The molecule has 6 heteroatoms. The third kappa shape index (κ3) is 2.22. The molecule has 2 amide bonds. The van der Waals surface area contributed by atoms with Crippen LogP contribution in [0.15, 0.2) is 18.2 Å². The summed E-state index contributed by atoms with van der Waals surface area (Å²) in [5, 5.41) is 0. The summed E-state index contributed by atoms with van der Waals surface area (Å²) in [7, 11) is 1.71. The second-order valence-corrected chi connectivity index (χ2v) is 4.27. The molecule has 1 aromatic rings. The van der Waals surface area contributed by atoms with Crippen molar-refractivity contribution in [3.63, 3.8) is 0 Å². The highest BCUT2D eigenvalue weighted by Gasteiger charge is 2.31. The minimum Gasteiger partial charge on any atom is -0.480 e. The lowest BCUT2D eigenvalue weighted by Crippen LogP contribution is -2.30. The van der Waals surface area contributed by atoms with E-state index in [4.69, 9.17) is 16.2 Å². The van der Waals surface area contributed by atoms with Gasteiger partial charge in [-0.15, -0.1) is 0 Å². The molecule has 4 N–H and O–H groups in total. The topological polar surface area (TPSA) is 98.7 Å². The zero-order valence-electron chi connectivity index (χ0n) is 10.1. The summed E-state index contributed by atoms with van der Waals surface area (Å²) in [6.45, 7) is 0.643. The SMILES string of the molecule is CN1CCC(Oc2ccc(N)cc2C(N)=O)C1=O. The van der Waals surface area contributed by atoms with Gasteiger partial charge in [0.25, 0.3) is 11.8 Å². The van der Waals surface area contributed by atoms with E-state index in [0.717, 1.165) is 0 Å². The predicted octanol–water partition coefficient (Wildman–Crippen LogP) is -0.0228. The second-order valence-electron chi connectivity index (χ2n) is 4.27. The standard InChI is InChI=1S/C12H15N3O3/c1-15-5-4-10(12(15)17)18-9-3-2-7(13)6-8(9)11(14)16/h2-3,6,10H,4-5,13H2,1H3,(H2,14,16). The third-order valence-electron chi connectivity index (χ3n) is 2.92. The van der Waals surface area contributed by atoms with Crippen molar-refractivity contribution in [2.75, 3.05) is 19.3 Å². The van der Waals surface area contributed by atoms with Crippen LogP contribution in [-0.2, 0) is 4.79 Å². The number of hydrogen-bond donors (Lipinski definition) is 2. The van der Waals surface area contributed by atoms with Crippen LogP contribution in [0.3, 0.4) is 0 Å². The molecule has 1 unspecified atom stereocenters. The maximum absolute atomic E-state index is 11.7. The van der Waals surface area contributed by atoms with E-state index in [2.05, 4.69) is 0 Å². The molecule has 0 saturated carbocycles. The predicted molar refractivity (Wildman–Crippen MR) is 66.0 cm³/mol. The first-order chi connectivity index (χ1) is 8.49. The Hall–Kier alpha value is -2.24. The van der Waals surface area contributed by atoms with Gasteiger partial charge in [-0.1, -0.05) is 0 Å². The molecule has 1 heterocycles. The number of benzene rings is 1. The lowest BCUT2D eigenvalue weighted by Gasteiger charge is -2.15. The molecule has 1 saturated heterocycles. The van der Waals surface area contributed by atoms with E-state index in [1.807, 2.05) is 0 Å². The van der Waals surface area contributed by atoms with E-state index < -0.39 is 12.0 Å². The fourth-order valence-electron chi connectivity index (χ4n) is 1.90. The first-order valence-electron chi connectivity index (χ1n) is 5.60. The Bertz CT molecular complexity index is 501. The van der Waals surface area contributed by atoms with Crippen LogP contribution in [-0.4, -0.2) is 36.4 Å². The molecule has 96 valence electrons. The Kier molecular flexibility index (Phi) is 3.10. The van der Waals surface area contributed by atoms with Gasteiger partial charge in [0.1, 0.15) is 5.75 Å². The molecule has 0 aliphatic carbocycles. The largest absolute Gasteiger partial charge is 0.480 e. The maximum Gasteiger partial charge on any atom is 0.263 e. The van der Waals surface area contributed by atoms with E-state index in [1.165, 1.54) is 6.07 Å². The summed E-state index contributed by atoms with van der Waals surface area (Å²) in [6.07, 6.45) is 0.0366. The number of anilines is 1. The first-order valence-corrected chi connectivity index (χ1v) is 5.60. The van der Waals surface area contributed by atoms with Crippen LogP contribution in [0, 0.1) is 0 Å². The summed E-state index contributed by atoms with van der Waals surface area (Å²) in [4.78, 5) is 24.6. The quantitative estimate of drug-likeness (QED) is 0.735. The summed E-state index contributed by atoms with van der Waals surface area (Å²) < 4.78 is 5.56. The monoisotopic (exact) mass is 249 g/mol. The van der Waals surface area contributed by atoms with Crippen molar-refractivity contribution in [2.24, 2.45) is 5.73 Å². The summed E-state index contributed by atoms with van der Waals surface area (Å²) in [5.41, 5.74) is 11.4. The first kappa shape index (κ1) is 12.2.